The monoisotopic (exact) mass is 347 g/mol. The number of hydrogen-bond acceptors (Lipinski definition) is 3. The summed E-state index contributed by atoms with van der Waals surface area (Å²) in [6, 6.07) is 4.99. The van der Waals surface area contributed by atoms with E-state index in [4.69, 9.17) is 11.6 Å². The first kappa shape index (κ1) is 17.0. The third-order valence-electron chi connectivity index (χ3n) is 5.15. The molecule has 0 bridgehead atoms. The average Bonchev–Trinajstić information content (AvgIpc) is 2.83. The molecule has 1 N–H and O–H groups in total. The molecule has 0 saturated heterocycles. The van der Waals surface area contributed by atoms with E-state index in [1.165, 1.54) is 13.3 Å². The van der Waals surface area contributed by atoms with E-state index >= 15 is 0 Å². The van der Waals surface area contributed by atoms with Crippen LogP contribution in [0, 0.1) is 12.8 Å². The molecule has 1 fully saturated rings. The number of hydrogen-bond donors (Lipinski definition) is 1. The van der Waals surface area contributed by atoms with Gasteiger partial charge in [-0.3, -0.25) is 14.5 Å². The van der Waals surface area contributed by atoms with Gasteiger partial charge in [-0.05, 0) is 56.4 Å². The van der Waals surface area contributed by atoms with Gasteiger partial charge in [0.15, 0.2) is 11.5 Å². The molecule has 24 heavy (non-hydrogen) atoms. The molecule has 0 aromatic heterocycles. The predicted molar refractivity (Wildman–Crippen MR) is 94.4 cm³/mol. The predicted octanol–water partition coefficient (Wildman–Crippen LogP) is 4.35. The quantitative estimate of drug-likeness (QED) is 0.884. The number of aliphatic hydroxyl groups is 1. The number of carbonyl (C=O) groups excluding carboxylic acids is 2. The van der Waals surface area contributed by atoms with Gasteiger partial charge < -0.3 is 5.11 Å². The maximum atomic E-state index is 12.7. The van der Waals surface area contributed by atoms with E-state index in [0.717, 1.165) is 31.2 Å². The molecule has 0 spiro atoms. The Bertz CT molecular complexity index is 719. The van der Waals surface area contributed by atoms with Crippen molar-refractivity contribution < 1.29 is 14.7 Å². The summed E-state index contributed by atoms with van der Waals surface area (Å²) in [6.07, 6.45) is 5.29. The summed E-state index contributed by atoms with van der Waals surface area (Å²) in [5, 5.41) is 11.0. The fourth-order valence-electron chi connectivity index (χ4n) is 3.95. The molecule has 128 valence electrons. The van der Waals surface area contributed by atoms with Gasteiger partial charge in [0, 0.05) is 10.7 Å². The van der Waals surface area contributed by atoms with Crippen molar-refractivity contribution in [1.82, 2.24) is 0 Å². The zero-order valence-corrected chi connectivity index (χ0v) is 14.8. The summed E-state index contributed by atoms with van der Waals surface area (Å²) in [5.41, 5.74) is 1.81. The SMILES string of the molecule is CC(=O)C1=C(O)C(=O)N(c2ccc(Cl)c(C)c2)C1C1CCCCC1. The molecule has 1 atom stereocenters. The number of rotatable bonds is 3. The summed E-state index contributed by atoms with van der Waals surface area (Å²) in [4.78, 5) is 26.4. The largest absolute Gasteiger partial charge is 0.503 e. The first-order valence-electron chi connectivity index (χ1n) is 8.45. The van der Waals surface area contributed by atoms with E-state index in [9.17, 15) is 14.7 Å². The molecule has 1 saturated carbocycles. The van der Waals surface area contributed by atoms with Crippen LogP contribution in [-0.4, -0.2) is 22.8 Å². The van der Waals surface area contributed by atoms with Crippen LogP contribution in [-0.2, 0) is 9.59 Å². The molecule has 1 aliphatic heterocycles. The molecular formula is C19H22ClNO3. The van der Waals surface area contributed by atoms with Crippen molar-refractivity contribution in [3.05, 3.63) is 40.1 Å². The second-order valence-electron chi connectivity index (χ2n) is 6.77. The summed E-state index contributed by atoms with van der Waals surface area (Å²) in [5.74, 6) is -0.921. The minimum atomic E-state index is -0.488. The first-order valence-corrected chi connectivity index (χ1v) is 8.83. The molecule has 1 aromatic carbocycles. The number of carbonyl (C=O) groups is 2. The van der Waals surface area contributed by atoms with Gasteiger partial charge in [0.1, 0.15) is 0 Å². The van der Waals surface area contributed by atoms with Crippen LogP contribution in [0.2, 0.25) is 5.02 Å². The molecule has 1 aliphatic carbocycles. The van der Waals surface area contributed by atoms with Crippen molar-refractivity contribution in [1.29, 1.82) is 0 Å². The average molecular weight is 348 g/mol. The zero-order chi connectivity index (χ0) is 17.4. The number of anilines is 1. The highest BCUT2D eigenvalue weighted by molar-refractivity contribution is 6.31. The van der Waals surface area contributed by atoms with Crippen molar-refractivity contribution in [2.24, 2.45) is 5.92 Å². The molecule has 4 nitrogen and oxygen atoms in total. The molecule has 3 rings (SSSR count). The van der Waals surface area contributed by atoms with E-state index in [0.29, 0.717) is 10.7 Å². The minimum Gasteiger partial charge on any atom is -0.503 e. The third-order valence-corrected chi connectivity index (χ3v) is 5.57. The smallest absolute Gasteiger partial charge is 0.294 e. The van der Waals surface area contributed by atoms with E-state index in [1.807, 2.05) is 13.0 Å². The number of Topliss-reactive ketones (excluding diaryl/α,β-unsaturated/α-hetero) is 1. The van der Waals surface area contributed by atoms with Crippen LogP contribution in [0.5, 0.6) is 0 Å². The van der Waals surface area contributed by atoms with Crippen molar-refractivity contribution in [3.8, 4) is 0 Å². The third kappa shape index (κ3) is 2.84. The van der Waals surface area contributed by atoms with Crippen molar-refractivity contribution >= 4 is 29.0 Å². The Morgan fingerprint density at radius 1 is 1.25 bits per heavy atom. The van der Waals surface area contributed by atoms with Gasteiger partial charge in [0.25, 0.3) is 5.91 Å². The van der Waals surface area contributed by atoms with Crippen molar-refractivity contribution in [3.63, 3.8) is 0 Å². The van der Waals surface area contributed by atoms with Crippen LogP contribution in [0.15, 0.2) is 29.5 Å². The van der Waals surface area contributed by atoms with Crippen LogP contribution in [0.1, 0.15) is 44.6 Å². The van der Waals surface area contributed by atoms with Gasteiger partial charge in [0.2, 0.25) is 0 Å². The number of benzene rings is 1. The lowest BCUT2D eigenvalue weighted by Crippen LogP contribution is -2.42. The van der Waals surface area contributed by atoms with Gasteiger partial charge in [-0.1, -0.05) is 30.9 Å². The molecule has 1 heterocycles. The molecule has 1 amide bonds. The topological polar surface area (TPSA) is 57.6 Å². The second kappa shape index (κ2) is 6.60. The molecule has 1 unspecified atom stereocenters. The first-order chi connectivity index (χ1) is 11.4. The number of halogens is 1. The Labute approximate surface area is 147 Å². The van der Waals surface area contributed by atoms with E-state index in [-0.39, 0.29) is 23.3 Å². The zero-order valence-electron chi connectivity index (χ0n) is 14.0. The standard InChI is InChI=1S/C19H22ClNO3/c1-11-10-14(8-9-15(11)20)21-17(13-6-4-3-5-7-13)16(12(2)22)18(23)19(21)24/h8-10,13,17,23H,3-7H2,1-2H3. The van der Waals surface area contributed by atoms with Crippen LogP contribution in [0.4, 0.5) is 5.69 Å². The van der Waals surface area contributed by atoms with E-state index < -0.39 is 11.7 Å². The Kier molecular flexibility index (Phi) is 4.68. The second-order valence-corrected chi connectivity index (χ2v) is 7.18. The highest BCUT2D eigenvalue weighted by atomic mass is 35.5. The Hall–Kier alpha value is -1.81. The summed E-state index contributed by atoms with van der Waals surface area (Å²) in [6.45, 7) is 3.30. The Balaban J connectivity index is 2.07. The molecule has 5 heteroatoms. The van der Waals surface area contributed by atoms with Gasteiger partial charge >= 0.3 is 0 Å². The van der Waals surface area contributed by atoms with Crippen molar-refractivity contribution in [2.45, 2.75) is 52.0 Å². The lowest BCUT2D eigenvalue weighted by atomic mass is 9.80. The molecular weight excluding hydrogens is 326 g/mol. The lowest BCUT2D eigenvalue weighted by molar-refractivity contribution is -0.117. The molecule has 1 aromatic rings. The summed E-state index contributed by atoms with van der Waals surface area (Å²) >= 11 is 6.10. The van der Waals surface area contributed by atoms with Crippen LogP contribution >= 0.6 is 11.6 Å². The van der Waals surface area contributed by atoms with E-state index in [2.05, 4.69) is 0 Å². The van der Waals surface area contributed by atoms with Crippen molar-refractivity contribution in [2.75, 3.05) is 4.90 Å². The highest BCUT2D eigenvalue weighted by Crippen LogP contribution is 2.40. The molecule has 2 aliphatic rings. The van der Waals surface area contributed by atoms with Gasteiger partial charge in [-0.15, -0.1) is 0 Å². The van der Waals surface area contributed by atoms with E-state index in [1.54, 1.807) is 17.0 Å². The summed E-state index contributed by atoms with van der Waals surface area (Å²) in [7, 11) is 0. The number of nitrogens with zero attached hydrogens (tertiary/aromatic N) is 1. The number of ketones is 1. The van der Waals surface area contributed by atoms with Gasteiger partial charge in [-0.25, -0.2) is 0 Å². The maximum absolute atomic E-state index is 12.7. The Morgan fingerprint density at radius 3 is 2.50 bits per heavy atom. The van der Waals surface area contributed by atoms with Crippen LogP contribution < -0.4 is 4.90 Å². The Morgan fingerprint density at radius 2 is 1.92 bits per heavy atom. The van der Waals surface area contributed by atoms with Crippen LogP contribution in [0.25, 0.3) is 0 Å². The van der Waals surface area contributed by atoms with Gasteiger partial charge in [0.05, 0.1) is 11.6 Å². The van der Waals surface area contributed by atoms with Crippen LogP contribution in [0.3, 0.4) is 0 Å². The number of amides is 1. The number of aliphatic hydroxyl groups excluding tert-OH is 1. The normalized spacial score (nSPS) is 22.4. The number of aryl methyl sites for hydroxylation is 1. The minimum absolute atomic E-state index is 0.197. The lowest BCUT2D eigenvalue weighted by Gasteiger charge is -2.35. The fraction of sp³-hybridized carbons (Fsp3) is 0.474. The van der Waals surface area contributed by atoms with Gasteiger partial charge in [-0.2, -0.15) is 0 Å². The molecule has 0 radical (unpaired) electrons. The fourth-order valence-corrected chi connectivity index (χ4v) is 4.07. The highest BCUT2D eigenvalue weighted by Gasteiger charge is 2.46. The summed E-state index contributed by atoms with van der Waals surface area (Å²) < 4.78 is 0. The maximum Gasteiger partial charge on any atom is 0.294 e.